The van der Waals surface area contributed by atoms with Crippen LogP contribution in [0.1, 0.15) is 34.6 Å². The maximum absolute atomic E-state index is 12.4. The Morgan fingerprint density at radius 3 is 2.21 bits per heavy atom. The van der Waals surface area contributed by atoms with Crippen LogP contribution in [0, 0.1) is 0 Å². The number of nitrogens with one attached hydrogen (secondary N) is 2. The predicted octanol–water partition coefficient (Wildman–Crippen LogP) is 3.01. The predicted molar refractivity (Wildman–Crippen MR) is 109 cm³/mol. The highest BCUT2D eigenvalue weighted by atomic mass is 16.5. The summed E-state index contributed by atoms with van der Waals surface area (Å²) >= 11 is 0. The second-order valence-corrected chi connectivity index (χ2v) is 6.03. The van der Waals surface area contributed by atoms with E-state index in [1.54, 1.807) is 53.4 Å². The largest absolute Gasteiger partial charge is 0.465 e. The molecule has 0 aliphatic rings. The molecule has 2 aromatic carbocycles. The maximum atomic E-state index is 12.4. The first-order valence-corrected chi connectivity index (χ1v) is 9.09. The lowest BCUT2D eigenvalue weighted by Crippen LogP contribution is -2.30. The van der Waals surface area contributed by atoms with Crippen molar-refractivity contribution in [2.75, 3.05) is 37.4 Å². The van der Waals surface area contributed by atoms with Gasteiger partial charge < -0.3 is 20.3 Å². The van der Waals surface area contributed by atoms with E-state index in [0.717, 1.165) is 0 Å². The zero-order chi connectivity index (χ0) is 20.5. The minimum absolute atomic E-state index is 0.0382. The first kappa shape index (κ1) is 21.0. The van der Waals surface area contributed by atoms with Crippen LogP contribution in [0.2, 0.25) is 0 Å². The third-order valence-electron chi connectivity index (χ3n) is 4.20. The van der Waals surface area contributed by atoms with Gasteiger partial charge in [0.25, 0.3) is 5.91 Å². The van der Waals surface area contributed by atoms with Crippen LogP contribution >= 0.6 is 0 Å². The Bertz CT molecular complexity index is 830. The molecular formula is C21H25N3O4. The Morgan fingerprint density at radius 1 is 0.929 bits per heavy atom. The number of carbonyl (C=O) groups excluding carboxylic acids is 3. The molecule has 2 rings (SSSR count). The summed E-state index contributed by atoms with van der Waals surface area (Å²) in [6.07, 6.45) is 0. The molecule has 0 atom stereocenters. The average Bonchev–Trinajstić information content (AvgIpc) is 2.73. The van der Waals surface area contributed by atoms with Gasteiger partial charge in [-0.3, -0.25) is 9.59 Å². The van der Waals surface area contributed by atoms with Crippen molar-refractivity contribution in [1.29, 1.82) is 0 Å². The van der Waals surface area contributed by atoms with Crippen molar-refractivity contribution in [3.63, 3.8) is 0 Å². The number of hydrogen-bond donors (Lipinski definition) is 2. The van der Waals surface area contributed by atoms with Crippen LogP contribution < -0.4 is 10.6 Å². The van der Waals surface area contributed by atoms with Crippen molar-refractivity contribution in [3.05, 3.63) is 59.7 Å². The van der Waals surface area contributed by atoms with Crippen molar-refractivity contribution in [2.24, 2.45) is 0 Å². The SMILES string of the molecule is CCN(CC)C(=O)c1cccc(NCC(=O)Nc2ccc(C(=O)OC)cc2)c1. The van der Waals surface area contributed by atoms with Gasteiger partial charge in [-0.15, -0.1) is 0 Å². The third-order valence-corrected chi connectivity index (χ3v) is 4.20. The average molecular weight is 383 g/mol. The van der Waals surface area contributed by atoms with E-state index in [4.69, 9.17) is 0 Å². The topological polar surface area (TPSA) is 87.7 Å². The minimum Gasteiger partial charge on any atom is -0.465 e. The van der Waals surface area contributed by atoms with Crippen molar-refractivity contribution in [1.82, 2.24) is 4.90 Å². The molecule has 7 heteroatoms. The van der Waals surface area contributed by atoms with Crippen LogP contribution in [-0.4, -0.2) is 49.4 Å². The van der Waals surface area contributed by atoms with Crippen LogP contribution in [0.25, 0.3) is 0 Å². The number of carbonyl (C=O) groups is 3. The molecule has 0 aromatic heterocycles. The number of ether oxygens (including phenoxy) is 1. The van der Waals surface area contributed by atoms with Gasteiger partial charge in [0.05, 0.1) is 19.2 Å². The Labute approximate surface area is 164 Å². The minimum atomic E-state index is -0.432. The van der Waals surface area contributed by atoms with Gasteiger partial charge >= 0.3 is 5.97 Å². The zero-order valence-electron chi connectivity index (χ0n) is 16.3. The highest BCUT2D eigenvalue weighted by molar-refractivity contribution is 5.96. The van der Waals surface area contributed by atoms with E-state index in [0.29, 0.717) is 35.6 Å². The fraction of sp³-hybridized carbons (Fsp3) is 0.286. The fourth-order valence-electron chi connectivity index (χ4n) is 2.65. The maximum Gasteiger partial charge on any atom is 0.337 e. The molecule has 0 unspecified atom stereocenters. The van der Waals surface area contributed by atoms with Crippen molar-refractivity contribution in [2.45, 2.75) is 13.8 Å². The number of methoxy groups -OCH3 is 1. The molecule has 0 spiro atoms. The second kappa shape index (κ2) is 10.1. The summed E-state index contributed by atoms with van der Waals surface area (Å²) in [4.78, 5) is 37.7. The van der Waals surface area contributed by atoms with Crippen LogP contribution in [0.3, 0.4) is 0 Å². The number of esters is 1. The molecule has 28 heavy (non-hydrogen) atoms. The number of benzene rings is 2. The summed E-state index contributed by atoms with van der Waals surface area (Å²) in [6.45, 7) is 5.20. The van der Waals surface area contributed by atoms with E-state index in [-0.39, 0.29) is 18.4 Å². The van der Waals surface area contributed by atoms with Crippen LogP contribution in [-0.2, 0) is 9.53 Å². The van der Waals surface area contributed by atoms with Gasteiger partial charge in [-0.05, 0) is 56.3 Å². The number of nitrogens with zero attached hydrogens (tertiary/aromatic N) is 1. The summed E-state index contributed by atoms with van der Waals surface area (Å²) in [5, 5.41) is 5.76. The van der Waals surface area contributed by atoms with E-state index in [9.17, 15) is 14.4 Å². The highest BCUT2D eigenvalue weighted by Crippen LogP contribution is 2.14. The first-order valence-electron chi connectivity index (χ1n) is 9.09. The van der Waals surface area contributed by atoms with Crippen LogP contribution in [0.5, 0.6) is 0 Å². The van der Waals surface area contributed by atoms with Gasteiger partial charge in [0, 0.05) is 30.0 Å². The molecule has 0 aliphatic heterocycles. The first-order chi connectivity index (χ1) is 13.5. The number of hydrogen-bond acceptors (Lipinski definition) is 5. The number of amides is 2. The molecule has 2 amide bonds. The standard InChI is InChI=1S/C21H25N3O4/c1-4-24(5-2)20(26)16-7-6-8-18(13-16)22-14-19(25)23-17-11-9-15(10-12-17)21(27)28-3/h6-13,22H,4-5,14H2,1-3H3,(H,23,25). The quantitative estimate of drug-likeness (QED) is 0.684. The summed E-state index contributed by atoms with van der Waals surface area (Å²) in [5.74, 6) is -0.714. The lowest BCUT2D eigenvalue weighted by Gasteiger charge is -2.19. The Balaban J connectivity index is 1.93. The molecule has 0 bridgehead atoms. The number of anilines is 2. The van der Waals surface area contributed by atoms with E-state index in [1.165, 1.54) is 7.11 Å². The van der Waals surface area contributed by atoms with Crippen LogP contribution in [0.4, 0.5) is 11.4 Å². The highest BCUT2D eigenvalue weighted by Gasteiger charge is 2.13. The monoisotopic (exact) mass is 383 g/mol. The smallest absolute Gasteiger partial charge is 0.337 e. The van der Waals surface area contributed by atoms with Crippen LogP contribution in [0.15, 0.2) is 48.5 Å². The van der Waals surface area contributed by atoms with E-state index in [2.05, 4.69) is 15.4 Å². The van der Waals surface area contributed by atoms with E-state index >= 15 is 0 Å². The Morgan fingerprint density at radius 2 is 1.61 bits per heavy atom. The molecule has 2 N–H and O–H groups in total. The van der Waals surface area contributed by atoms with Gasteiger partial charge in [-0.2, -0.15) is 0 Å². The zero-order valence-corrected chi connectivity index (χ0v) is 16.3. The summed E-state index contributed by atoms with van der Waals surface area (Å²) in [7, 11) is 1.31. The number of rotatable bonds is 8. The lowest BCUT2D eigenvalue weighted by atomic mass is 10.1. The van der Waals surface area contributed by atoms with Crippen molar-refractivity contribution >= 4 is 29.2 Å². The molecule has 0 saturated heterocycles. The van der Waals surface area contributed by atoms with E-state index in [1.807, 2.05) is 13.8 Å². The van der Waals surface area contributed by atoms with Gasteiger partial charge in [0.1, 0.15) is 0 Å². The molecular weight excluding hydrogens is 358 g/mol. The van der Waals surface area contributed by atoms with E-state index < -0.39 is 5.97 Å². The molecule has 0 radical (unpaired) electrons. The Hall–Kier alpha value is -3.35. The summed E-state index contributed by atoms with van der Waals surface area (Å²) in [6, 6.07) is 13.5. The fourth-order valence-corrected chi connectivity index (χ4v) is 2.65. The normalized spacial score (nSPS) is 10.1. The summed E-state index contributed by atoms with van der Waals surface area (Å²) in [5.41, 5.74) is 2.25. The van der Waals surface area contributed by atoms with Gasteiger partial charge in [-0.25, -0.2) is 4.79 Å². The molecule has 7 nitrogen and oxygen atoms in total. The van der Waals surface area contributed by atoms with Gasteiger partial charge in [-0.1, -0.05) is 6.07 Å². The molecule has 0 aliphatic carbocycles. The third kappa shape index (κ3) is 5.57. The lowest BCUT2D eigenvalue weighted by molar-refractivity contribution is -0.114. The second-order valence-electron chi connectivity index (χ2n) is 6.03. The summed E-state index contributed by atoms with van der Waals surface area (Å²) < 4.78 is 4.64. The molecule has 0 heterocycles. The van der Waals surface area contributed by atoms with Crippen molar-refractivity contribution < 1.29 is 19.1 Å². The molecule has 0 fully saturated rings. The molecule has 2 aromatic rings. The van der Waals surface area contributed by atoms with Gasteiger partial charge in [0.2, 0.25) is 5.91 Å². The van der Waals surface area contributed by atoms with Crippen molar-refractivity contribution in [3.8, 4) is 0 Å². The molecule has 148 valence electrons. The molecule has 0 saturated carbocycles. The Kier molecular flexibility index (Phi) is 7.56. The van der Waals surface area contributed by atoms with Gasteiger partial charge in [0.15, 0.2) is 0 Å².